The van der Waals surface area contributed by atoms with Crippen LogP contribution in [-0.4, -0.2) is 0 Å². The van der Waals surface area contributed by atoms with Gasteiger partial charge in [0.1, 0.15) is 0 Å². The monoisotopic (exact) mass is 238 g/mol. The summed E-state index contributed by atoms with van der Waals surface area (Å²) in [4.78, 5) is 0. The molecular formula is C17H34. The van der Waals surface area contributed by atoms with Crippen LogP contribution in [-0.2, 0) is 0 Å². The first-order chi connectivity index (χ1) is 8.41. The van der Waals surface area contributed by atoms with Gasteiger partial charge in [0.15, 0.2) is 0 Å². The zero-order valence-corrected chi connectivity index (χ0v) is 12.3. The minimum absolute atomic E-state index is 1.29. The SMILES string of the molecule is C/C=C/CCCCCCCCCCCCCC. The van der Waals surface area contributed by atoms with Crippen LogP contribution >= 0.6 is 0 Å². The molecule has 0 amide bonds. The number of hydrogen-bond acceptors (Lipinski definition) is 0. The molecule has 0 atom stereocenters. The van der Waals surface area contributed by atoms with E-state index < -0.39 is 0 Å². The minimum atomic E-state index is 1.29. The average Bonchev–Trinajstić information content (AvgIpc) is 2.35. The molecule has 0 fully saturated rings. The van der Waals surface area contributed by atoms with Crippen molar-refractivity contribution < 1.29 is 0 Å². The lowest BCUT2D eigenvalue weighted by Crippen LogP contribution is -1.82. The Kier molecular flexibility index (Phi) is 15.5. The molecule has 102 valence electrons. The Morgan fingerprint density at radius 1 is 0.588 bits per heavy atom. The highest BCUT2D eigenvalue weighted by atomic mass is 14.0. The lowest BCUT2D eigenvalue weighted by molar-refractivity contribution is 0.545. The molecule has 17 heavy (non-hydrogen) atoms. The van der Waals surface area contributed by atoms with Crippen molar-refractivity contribution in [2.75, 3.05) is 0 Å². The Balaban J connectivity index is 2.89. The van der Waals surface area contributed by atoms with E-state index in [4.69, 9.17) is 0 Å². The molecule has 0 nitrogen and oxygen atoms in total. The normalized spacial score (nSPS) is 11.4. The second-order valence-electron chi connectivity index (χ2n) is 5.25. The predicted molar refractivity (Wildman–Crippen MR) is 80.5 cm³/mol. The number of rotatable bonds is 13. The Morgan fingerprint density at radius 3 is 1.41 bits per heavy atom. The largest absolute Gasteiger partial charge is 0.0917 e. The van der Waals surface area contributed by atoms with Gasteiger partial charge in [-0.2, -0.15) is 0 Å². The fourth-order valence-electron chi connectivity index (χ4n) is 2.27. The maximum atomic E-state index is 2.29. The van der Waals surface area contributed by atoms with Gasteiger partial charge in [-0.1, -0.05) is 89.7 Å². The van der Waals surface area contributed by atoms with Crippen LogP contribution in [0.3, 0.4) is 0 Å². The molecule has 0 N–H and O–H groups in total. The molecule has 0 unspecified atom stereocenters. The van der Waals surface area contributed by atoms with E-state index in [0.717, 1.165) is 0 Å². The predicted octanol–water partition coefficient (Wildman–Crippen LogP) is 6.65. The lowest BCUT2D eigenvalue weighted by atomic mass is 10.0. The second kappa shape index (κ2) is 15.7. The summed E-state index contributed by atoms with van der Waals surface area (Å²) in [6.45, 7) is 4.40. The van der Waals surface area contributed by atoms with Crippen molar-refractivity contribution in [2.45, 2.75) is 97.3 Å². The summed E-state index contributed by atoms with van der Waals surface area (Å²) in [5.74, 6) is 0. The van der Waals surface area contributed by atoms with Crippen molar-refractivity contribution in [3.05, 3.63) is 12.2 Å². The van der Waals surface area contributed by atoms with E-state index in [1.807, 2.05) is 0 Å². The van der Waals surface area contributed by atoms with Crippen LogP contribution in [0.1, 0.15) is 97.3 Å². The van der Waals surface area contributed by atoms with Gasteiger partial charge in [0.25, 0.3) is 0 Å². The van der Waals surface area contributed by atoms with E-state index in [2.05, 4.69) is 26.0 Å². The Labute approximate surface area is 110 Å². The molecule has 0 heteroatoms. The van der Waals surface area contributed by atoms with Gasteiger partial charge in [-0.25, -0.2) is 0 Å². The molecule has 0 aliphatic rings. The lowest BCUT2D eigenvalue weighted by Gasteiger charge is -2.02. The summed E-state index contributed by atoms with van der Waals surface area (Å²) in [7, 11) is 0. The van der Waals surface area contributed by atoms with Gasteiger partial charge in [0, 0.05) is 0 Å². The number of hydrogen-bond donors (Lipinski definition) is 0. The van der Waals surface area contributed by atoms with E-state index in [9.17, 15) is 0 Å². The highest BCUT2D eigenvalue weighted by molar-refractivity contribution is 4.76. The molecule has 0 spiro atoms. The van der Waals surface area contributed by atoms with Gasteiger partial charge in [-0.15, -0.1) is 0 Å². The molecule has 0 aromatic heterocycles. The molecule has 0 aliphatic heterocycles. The Morgan fingerprint density at radius 2 is 1.00 bits per heavy atom. The van der Waals surface area contributed by atoms with Crippen LogP contribution in [0.5, 0.6) is 0 Å². The first-order valence-electron chi connectivity index (χ1n) is 8.03. The Bertz CT molecular complexity index is 146. The van der Waals surface area contributed by atoms with Crippen molar-refractivity contribution in [3.8, 4) is 0 Å². The summed E-state index contributed by atoms with van der Waals surface area (Å²) < 4.78 is 0. The van der Waals surface area contributed by atoms with Crippen molar-refractivity contribution in [2.24, 2.45) is 0 Å². The first kappa shape index (κ1) is 16.7. The summed E-state index contributed by atoms with van der Waals surface area (Å²) in [6, 6.07) is 0. The van der Waals surface area contributed by atoms with Crippen LogP contribution in [0.15, 0.2) is 12.2 Å². The maximum Gasteiger partial charge on any atom is -0.0351 e. The third kappa shape index (κ3) is 15.7. The smallest absolute Gasteiger partial charge is 0.0351 e. The highest BCUT2D eigenvalue weighted by Gasteiger charge is 1.92. The second-order valence-corrected chi connectivity index (χ2v) is 5.25. The van der Waals surface area contributed by atoms with Gasteiger partial charge in [-0.05, 0) is 19.8 Å². The molecule has 0 heterocycles. The van der Waals surface area contributed by atoms with E-state index in [1.165, 1.54) is 83.5 Å². The van der Waals surface area contributed by atoms with Gasteiger partial charge < -0.3 is 0 Å². The van der Waals surface area contributed by atoms with Gasteiger partial charge >= 0.3 is 0 Å². The van der Waals surface area contributed by atoms with Crippen LogP contribution in [0.25, 0.3) is 0 Å². The molecule has 0 rings (SSSR count). The van der Waals surface area contributed by atoms with E-state index in [0.29, 0.717) is 0 Å². The number of allylic oxidation sites excluding steroid dienone is 2. The maximum absolute atomic E-state index is 2.29. The van der Waals surface area contributed by atoms with E-state index in [-0.39, 0.29) is 0 Å². The topological polar surface area (TPSA) is 0 Å². The fourth-order valence-corrected chi connectivity index (χ4v) is 2.27. The van der Waals surface area contributed by atoms with Crippen LogP contribution in [0.4, 0.5) is 0 Å². The number of unbranched alkanes of at least 4 members (excludes halogenated alkanes) is 12. The molecule has 0 bridgehead atoms. The van der Waals surface area contributed by atoms with Gasteiger partial charge in [0.2, 0.25) is 0 Å². The molecule has 0 saturated heterocycles. The third-order valence-corrected chi connectivity index (χ3v) is 3.46. The quantitative estimate of drug-likeness (QED) is 0.249. The fraction of sp³-hybridized carbons (Fsp3) is 0.882. The summed E-state index contributed by atoms with van der Waals surface area (Å²) in [5, 5.41) is 0. The van der Waals surface area contributed by atoms with Crippen molar-refractivity contribution >= 4 is 0 Å². The van der Waals surface area contributed by atoms with Gasteiger partial charge in [0.05, 0.1) is 0 Å². The van der Waals surface area contributed by atoms with E-state index in [1.54, 1.807) is 0 Å². The standard InChI is InChI=1S/C17H34/c1-3-5-7-9-11-13-15-17-16-14-12-10-8-6-4-2/h3,5H,4,6-17H2,1-2H3/b5-3+. The van der Waals surface area contributed by atoms with Crippen molar-refractivity contribution in [3.63, 3.8) is 0 Å². The highest BCUT2D eigenvalue weighted by Crippen LogP contribution is 2.12. The molecular weight excluding hydrogens is 204 g/mol. The summed E-state index contributed by atoms with van der Waals surface area (Å²) >= 11 is 0. The molecule has 0 radical (unpaired) electrons. The molecule has 0 aromatic carbocycles. The van der Waals surface area contributed by atoms with Crippen LogP contribution in [0, 0.1) is 0 Å². The zero-order chi connectivity index (χ0) is 12.6. The van der Waals surface area contributed by atoms with E-state index >= 15 is 0 Å². The zero-order valence-electron chi connectivity index (χ0n) is 12.3. The van der Waals surface area contributed by atoms with Gasteiger partial charge in [-0.3, -0.25) is 0 Å². The molecule has 0 aliphatic carbocycles. The Hall–Kier alpha value is -0.260. The summed E-state index contributed by atoms with van der Waals surface area (Å²) in [6.07, 6.45) is 23.1. The average molecular weight is 238 g/mol. The van der Waals surface area contributed by atoms with Crippen molar-refractivity contribution in [1.29, 1.82) is 0 Å². The molecule has 0 saturated carbocycles. The third-order valence-electron chi connectivity index (χ3n) is 3.46. The molecule has 0 aromatic rings. The van der Waals surface area contributed by atoms with Crippen molar-refractivity contribution in [1.82, 2.24) is 0 Å². The van der Waals surface area contributed by atoms with Crippen LogP contribution < -0.4 is 0 Å². The summed E-state index contributed by atoms with van der Waals surface area (Å²) in [5.41, 5.74) is 0. The van der Waals surface area contributed by atoms with Crippen LogP contribution in [0.2, 0.25) is 0 Å². The minimum Gasteiger partial charge on any atom is -0.0917 e. The first-order valence-corrected chi connectivity index (χ1v) is 8.03.